The lowest BCUT2D eigenvalue weighted by Gasteiger charge is -2.33. The van der Waals surface area contributed by atoms with Crippen molar-refractivity contribution in [3.05, 3.63) is 47.5 Å². The van der Waals surface area contributed by atoms with Gasteiger partial charge in [-0.3, -0.25) is 14.5 Å². The first-order chi connectivity index (χ1) is 15.2. The molecule has 1 amide bonds. The fourth-order valence-corrected chi connectivity index (χ4v) is 3.55. The molecule has 0 aromatic carbocycles. The largest absolute Gasteiger partial charge is 0.490 e. The standard InChI is InChI=1S/C19H24N4O2.C2HF3O2/c1-25-13-15-11-22(19(24)8-16-4-2-3-7-20-16)12-18-17(15)9-21-23(18)10-14-5-6-14;3-2(4,5)1(6)7/h2-4,7,9,14-15H,5-6,8,10-13H2,1H3;(H,6,7). The fraction of sp³-hybridized carbons (Fsp3) is 0.524. The minimum Gasteiger partial charge on any atom is -0.475 e. The predicted octanol–water partition coefficient (Wildman–Crippen LogP) is 2.64. The van der Waals surface area contributed by atoms with Gasteiger partial charge in [0.25, 0.3) is 0 Å². The van der Waals surface area contributed by atoms with E-state index in [1.54, 1.807) is 13.3 Å². The van der Waals surface area contributed by atoms with Gasteiger partial charge in [0.1, 0.15) is 0 Å². The van der Waals surface area contributed by atoms with Crippen LogP contribution in [0.5, 0.6) is 0 Å². The molecule has 1 unspecified atom stereocenters. The molecule has 1 aliphatic carbocycles. The zero-order chi connectivity index (χ0) is 23.3. The van der Waals surface area contributed by atoms with E-state index in [1.165, 1.54) is 24.1 Å². The van der Waals surface area contributed by atoms with Gasteiger partial charge in [-0.1, -0.05) is 6.07 Å². The highest BCUT2D eigenvalue weighted by molar-refractivity contribution is 5.78. The van der Waals surface area contributed by atoms with Crippen LogP contribution in [0.4, 0.5) is 13.2 Å². The van der Waals surface area contributed by atoms with Gasteiger partial charge in [0.2, 0.25) is 5.91 Å². The Morgan fingerprint density at radius 2 is 2.00 bits per heavy atom. The van der Waals surface area contributed by atoms with E-state index in [0.29, 0.717) is 26.1 Å². The number of aliphatic carboxylic acids is 1. The molecule has 2 aromatic heterocycles. The van der Waals surface area contributed by atoms with E-state index < -0.39 is 12.1 Å². The number of carbonyl (C=O) groups excluding carboxylic acids is 1. The van der Waals surface area contributed by atoms with Crippen molar-refractivity contribution < 1.29 is 32.6 Å². The molecule has 0 saturated heterocycles. The summed E-state index contributed by atoms with van der Waals surface area (Å²) in [6, 6.07) is 5.69. The van der Waals surface area contributed by atoms with Crippen molar-refractivity contribution in [1.29, 1.82) is 0 Å². The molecule has 0 spiro atoms. The lowest BCUT2D eigenvalue weighted by atomic mass is 9.95. The molecule has 3 heterocycles. The van der Waals surface area contributed by atoms with Crippen LogP contribution in [0.1, 0.15) is 35.7 Å². The zero-order valence-corrected chi connectivity index (χ0v) is 17.6. The number of carboxylic acid groups (broad SMARTS) is 1. The minimum atomic E-state index is -5.08. The van der Waals surface area contributed by atoms with Crippen LogP contribution < -0.4 is 0 Å². The van der Waals surface area contributed by atoms with Gasteiger partial charge in [-0.2, -0.15) is 18.3 Å². The lowest BCUT2D eigenvalue weighted by molar-refractivity contribution is -0.192. The van der Waals surface area contributed by atoms with Crippen molar-refractivity contribution in [2.75, 3.05) is 20.3 Å². The molecule has 8 nitrogen and oxygen atoms in total. The van der Waals surface area contributed by atoms with Gasteiger partial charge in [0, 0.05) is 43.6 Å². The van der Waals surface area contributed by atoms with Gasteiger partial charge in [-0.25, -0.2) is 4.79 Å². The number of aromatic nitrogens is 3. The van der Waals surface area contributed by atoms with Crippen LogP contribution in [-0.4, -0.2) is 63.1 Å². The summed E-state index contributed by atoms with van der Waals surface area (Å²) in [6.45, 7) is 2.89. The van der Waals surface area contributed by atoms with Crippen LogP contribution in [0.25, 0.3) is 0 Å². The maximum Gasteiger partial charge on any atom is 0.490 e. The van der Waals surface area contributed by atoms with Gasteiger partial charge >= 0.3 is 12.1 Å². The summed E-state index contributed by atoms with van der Waals surface area (Å²) < 4.78 is 39.2. The topological polar surface area (TPSA) is 97.5 Å². The molecule has 11 heteroatoms. The third kappa shape index (κ3) is 6.28. The van der Waals surface area contributed by atoms with Crippen molar-refractivity contribution >= 4 is 11.9 Å². The average Bonchev–Trinajstić information content (AvgIpc) is 3.47. The highest BCUT2D eigenvalue weighted by Crippen LogP contribution is 2.34. The van der Waals surface area contributed by atoms with Crippen LogP contribution in [0, 0.1) is 5.92 Å². The van der Waals surface area contributed by atoms with Crippen molar-refractivity contribution in [1.82, 2.24) is 19.7 Å². The summed E-state index contributed by atoms with van der Waals surface area (Å²) in [4.78, 5) is 27.9. The van der Waals surface area contributed by atoms with E-state index in [1.807, 2.05) is 29.3 Å². The Labute approximate surface area is 183 Å². The number of carboxylic acids is 1. The Kier molecular flexibility index (Phi) is 7.49. The van der Waals surface area contributed by atoms with Crippen LogP contribution in [0.2, 0.25) is 0 Å². The molecule has 1 saturated carbocycles. The molecular weight excluding hydrogens is 429 g/mol. The number of pyridine rings is 1. The normalized spacial score (nSPS) is 17.9. The van der Waals surface area contributed by atoms with E-state index in [9.17, 15) is 18.0 Å². The molecular formula is C21H25F3N4O4. The van der Waals surface area contributed by atoms with E-state index in [4.69, 9.17) is 14.6 Å². The Morgan fingerprint density at radius 3 is 2.56 bits per heavy atom. The van der Waals surface area contributed by atoms with Gasteiger partial charge < -0.3 is 14.7 Å². The third-order valence-electron chi connectivity index (χ3n) is 5.35. The van der Waals surface area contributed by atoms with Crippen LogP contribution >= 0.6 is 0 Å². The van der Waals surface area contributed by atoms with Crippen molar-refractivity contribution in [3.63, 3.8) is 0 Å². The van der Waals surface area contributed by atoms with Crippen molar-refractivity contribution in [2.45, 2.75) is 44.4 Å². The second-order valence-corrected chi connectivity index (χ2v) is 7.90. The van der Waals surface area contributed by atoms with Crippen molar-refractivity contribution in [2.24, 2.45) is 5.92 Å². The summed E-state index contributed by atoms with van der Waals surface area (Å²) in [5.41, 5.74) is 3.23. The van der Waals surface area contributed by atoms with E-state index >= 15 is 0 Å². The number of methoxy groups -OCH3 is 1. The number of alkyl halides is 3. The van der Waals surface area contributed by atoms with Gasteiger partial charge in [-0.05, 0) is 30.9 Å². The quantitative estimate of drug-likeness (QED) is 0.721. The van der Waals surface area contributed by atoms with Crippen LogP contribution in [-0.2, 0) is 33.8 Å². The number of hydrogen-bond donors (Lipinski definition) is 1. The number of fused-ring (bicyclic) bond motifs is 1. The fourth-order valence-electron chi connectivity index (χ4n) is 3.55. The maximum atomic E-state index is 12.8. The van der Waals surface area contributed by atoms with Gasteiger partial charge in [0.05, 0.1) is 31.5 Å². The molecule has 2 aromatic rings. The molecule has 1 aliphatic heterocycles. The highest BCUT2D eigenvalue weighted by atomic mass is 19.4. The van der Waals surface area contributed by atoms with E-state index in [-0.39, 0.29) is 11.8 Å². The Balaban J connectivity index is 0.000000360. The van der Waals surface area contributed by atoms with Crippen LogP contribution in [0.15, 0.2) is 30.6 Å². The summed E-state index contributed by atoms with van der Waals surface area (Å²) in [7, 11) is 1.71. The number of nitrogens with zero attached hydrogens (tertiary/aromatic N) is 4. The number of carbonyl (C=O) groups is 2. The molecule has 4 rings (SSSR count). The average molecular weight is 454 g/mol. The predicted molar refractivity (Wildman–Crippen MR) is 107 cm³/mol. The molecule has 32 heavy (non-hydrogen) atoms. The summed E-state index contributed by atoms with van der Waals surface area (Å²) in [6.07, 6.45) is 1.54. The Hall–Kier alpha value is -2.95. The second-order valence-electron chi connectivity index (χ2n) is 7.90. The first-order valence-electron chi connectivity index (χ1n) is 10.2. The minimum absolute atomic E-state index is 0.115. The number of hydrogen-bond acceptors (Lipinski definition) is 5. The SMILES string of the molecule is COCC1CN(C(=O)Cc2ccccn2)Cc2c1cnn2CC1CC1.O=C(O)C(F)(F)F. The molecule has 1 atom stereocenters. The maximum absolute atomic E-state index is 12.8. The molecule has 1 fully saturated rings. The summed E-state index contributed by atoms with van der Waals surface area (Å²) >= 11 is 0. The molecule has 174 valence electrons. The smallest absolute Gasteiger partial charge is 0.475 e. The highest BCUT2D eigenvalue weighted by Gasteiger charge is 2.38. The number of halogens is 3. The first kappa shape index (κ1) is 23.7. The van der Waals surface area contributed by atoms with Gasteiger partial charge in [-0.15, -0.1) is 0 Å². The molecule has 0 bridgehead atoms. The monoisotopic (exact) mass is 454 g/mol. The summed E-state index contributed by atoms with van der Waals surface area (Å²) in [5.74, 6) is -1.70. The lowest BCUT2D eigenvalue weighted by Crippen LogP contribution is -2.41. The third-order valence-corrected chi connectivity index (χ3v) is 5.35. The molecule has 2 aliphatic rings. The molecule has 1 N–H and O–H groups in total. The zero-order valence-electron chi connectivity index (χ0n) is 17.6. The van der Waals surface area contributed by atoms with Crippen LogP contribution in [0.3, 0.4) is 0 Å². The van der Waals surface area contributed by atoms with E-state index in [2.05, 4.69) is 14.8 Å². The number of amides is 1. The number of rotatable bonds is 6. The molecule has 0 radical (unpaired) electrons. The van der Waals surface area contributed by atoms with E-state index in [0.717, 1.165) is 18.2 Å². The Morgan fingerprint density at radius 1 is 1.28 bits per heavy atom. The number of ether oxygens (including phenoxy) is 1. The first-order valence-corrected chi connectivity index (χ1v) is 10.2. The second kappa shape index (κ2) is 10.1. The Bertz CT molecular complexity index is 929. The van der Waals surface area contributed by atoms with Crippen molar-refractivity contribution in [3.8, 4) is 0 Å². The van der Waals surface area contributed by atoms with Gasteiger partial charge in [0.15, 0.2) is 0 Å². The summed E-state index contributed by atoms with van der Waals surface area (Å²) in [5, 5.41) is 11.7.